The average Bonchev–Trinajstić information content (AvgIpc) is 3.27. The van der Waals surface area contributed by atoms with E-state index in [-0.39, 0.29) is 5.82 Å². The Morgan fingerprint density at radius 2 is 1.92 bits per heavy atom. The van der Waals surface area contributed by atoms with Crippen molar-refractivity contribution in [3.8, 4) is 0 Å². The highest BCUT2D eigenvalue weighted by molar-refractivity contribution is 5.96. The number of rotatable bonds is 11. The van der Waals surface area contributed by atoms with Crippen molar-refractivity contribution >= 4 is 34.6 Å². The third-order valence-electron chi connectivity index (χ3n) is 7.05. The lowest BCUT2D eigenvalue weighted by molar-refractivity contribution is 0.219. The maximum absolute atomic E-state index is 15.4. The van der Waals surface area contributed by atoms with Gasteiger partial charge in [-0.2, -0.15) is 0 Å². The minimum Gasteiger partial charge on any atom is -0.403 e. The number of hydrogen-bond acceptors (Lipinski definition) is 6. The first-order valence-electron chi connectivity index (χ1n) is 13.4. The van der Waals surface area contributed by atoms with Crippen LogP contribution in [0.2, 0.25) is 0 Å². The van der Waals surface area contributed by atoms with Crippen LogP contribution >= 0.6 is 0 Å². The third-order valence-corrected chi connectivity index (χ3v) is 7.05. The molecule has 1 saturated heterocycles. The van der Waals surface area contributed by atoms with E-state index >= 15 is 4.39 Å². The van der Waals surface area contributed by atoms with E-state index in [4.69, 9.17) is 5.73 Å². The number of fused-ring (bicyclic) bond motifs is 1. The van der Waals surface area contributed by atoms with Crippen molar-refractivity contribution in [2.45, 2.75) is 33.1 Å². The number of H-pyrrole nitrogens is 1. The van der Waals surface area contributed by atoms with Crippen LogP contribution in [-0.4, -0.2) is 77.1 Å². The van der Waals surface area contributed by atoms with Crippen LogP contribution in [0.15, 0.2) is 37.3 Å². The van der Waals surface area contributed by atoms with E-state index in [1.54, 1.807) is 12.4 Å². The van der Waals surface area contributed by atoms with Crippen molar-refractivity contribution in [2.24, 2.45) is 5.73 Å². The summed E-state index contributed by atoms with van der Waals surface area (Å²) in [6.45, 7) is 16.6. The first kappa shape index (κ1) is 26.8. The third kappa shape index (κ3) is 6.37. The molecule has 0 aromatic carbocycles. The SMILES string of the molecule is C=C(/C=c1\c(=C/N)[nH]c2ncc(F)c(N3CCN(CCCN(CCC)CCC)CC3)c12)c1cccnc1. The predicted octanol–water partition coefficient (Wildman–Crippen LogP) is 2.92. The number of nitrogens with zero attached hydrogens (tertiary/aromatic N) is 5. The first-order valence-corrected chi connectivity index (χ1v) is 13.4. The van der Waals surface area contributed by atoms with Crippen LogP contribution in [0.25, 0.3) is 28.9 Å². The van der Waals surface area contributed by atoms with Crippen molar-refractivity contribution in [2.75, 3.05) is 57.3 Å². The van der Waals surface area contributed by atoms with E-state index in [2.05, 4.69) is 50.1 Å². The molecule has 1 aliphatic rings. The molecule has 0 saturated carbocycles. The van der Waals surface area contributed by atoms with Crippen molar-refractivity contribution < 1.29 is 4.39 Å². The van der Waals surface area contributed by atoms with Gasteiger partial charge in [-0.25, -0.2) is 9.37 Å². The molecule has 4 rings (SSSR count). The molecule has 8 heteroatoms. The second kappa shape index (κ2) is 12.8. The average molecular weight is 506 g/mol. The summed E-state index contributed by atoms with van der Waals surface area (Å²) in [5.74, 6) is -0.320. The summed E-state index contributed by atoms with van der Waals surface area (Å²) in [6, 6.07) is 3.83. The number of pyridine rings is 2. The second-order valence-electron chi connectivity index (χ2n) is 9.73. The first-order chi connectivity index (χ1) is 18.0. The second-order valence-corrected chi connectivity index (χ2v) is 9.73. The summed E-state index contributed by atoms with van der Waals surface area (Å²) in [7, 11) is 0. The van der Waals surface area contributed by atoms with Gasteiger partial charge in [-0.3, -0.25) is 9.88 Å². The molecule has 198 valence electrons. The maximum atomic E-state index is 15.4. The maximum Gasteiger partial charge on any atom is 0.165 e. The lowest BCUT2D eigenvalue weighted by atomic mass is 10.1. The zero-order valence-corrected chi connectivity index (χ0v) is 22.2. The van der Waals surface area contributed by atoms with E-state index in [0.29, 0.717) is 16.7 Å². The highest BCUT2D eigenvalue weighted by atomic mass is 19.1. The summed E-state index contributed by atoms with van der Waals surface area (Å²) in [6.07, 6.45) is 11.8. The van der Waals surface area contributed by atoms with Crippen LogP contribution < -0.4 is 21.2 Å². The van der Waals surface area contributed by atoms with Crippen LogP contribution in [0.3, 0.4) is 0 Å². The van der Waals surface area contributed by atoms with Gasteiger partial charge in [0, 0.05) is 50.0 Å². The van der Waals surface area contributed by atoms with Crippen molar-refractivity contribution in [1.82, 2.24) is 24.8 Å². The Kier molecular flexibility index (Phi) is 9.30. The molecular formula is C29H40FN7. The predicted molar refractivity (Wildman–Crippen MR) is 152 cm³/mol. The molecule has 3 aromatic heterocycles. The quantitative estimate of drug-likeness (QED) is 0.417. The monoisotopic (exact) mass is 505 g/mol. The standard InChI is InChI=1S/C29H40FN7/c1-4-10-35(11-5-2)12-7-13-36-14-16-37(17-15-36)28-25(30)21-33-29-27(28)24(26(19-31)34-29)18-22(3)23-8-6-9-32-20-23/h6,8-9,18-21H,3-5,7,10-17,31H2,1-2H3,(H,33,34)/b24-18+,26-19+. The lowest BCUT2D eigenvalue weighted by Crippen LogP contribution is -2.47. The van der Waals surface area contributed by atoms with Gasteiger partial charge in [-0.1, -0.05) is 26.5 Å². The fourth-order valence-corrected chi connectivity index (χ4v) is 5.24. The zero-order chi connectivity index (χ0) is 26.2. The minimum absolute atomic E-state index is 0.320. The molecule has 0 radical (unpaired) electrons. The summed E-state index contributed by atoms with van der Waals surface area (Å²) >= 11 is 0. The fraction of sp³-hybridized carbons (Fsp3) is 0.448. The largest absolute Gasteiger partial charge is 0.403 e. The Morgan fingerprint density at radius 3 is 2.57 bits per heavy atom. The molecule has 0 spiro atoms. The number of aromatic amines is 1. The molecule has 0 amide bonds. The van der Waals surface area contributed by atoms with Crippen LogP contribution in [0.5, 0.6) is 0 Å². The van der Waals surface area contributed by atoms with Gasteiger partial charge < -0.3 is 20.5 Å². The van der Waals surface area contributed by atoms with Gasteiger partial charge in [0.25, 0.3) is 0 Å². The van der Waals surface area contributed by atoms with E-state index < -0.39 is 0 Å². The van der Waals surface area contributed by atoms with Gasteiger partial charge in [0.1, 0.15) is 5.65 Å². The Labute approximate surface area is 219 Å². The number of halogens is 1. The van der Waals surface area contributed by atoms with Crippen LogP contribution in [-0.2, 0) is 0 Å². The normalized spacial score (nSPS) is 15.8. The number of nitrogens with two attached hydrogens (primary N) is 1. The molecule has 0 aliphatic carbocycles. The Bertz CT molecular complexity index is 1290. The molecule has 1 fully saturated rings. The van der Waals surface area contributed by atoms with Crippen molar-refractivity contribution in [1.29, 1.82) is 0 Å². The molecule has 0 atom stereocenters. The molecule has 3 N–H and O–H groups in total. The zero-order valence-electron chi connectivity index (χ0n) is 22.2. The number of aromatic nitrogens is 3. The van der Waals surface area contributed by atoms with Gasteiger partial charge in [0.05, 0.1) is 22.6 Å². The van der Waals surface area contributed by atoms with E-state index in [1.807, 2.05) is 18.2 Å². The number of hydrogen-bond donors (Lipinski definition) is 2. The lowest BCUT2D eigenvalue weighted by Gasteiger charge is -2.36. The molecule has 1 aliphatic heterocycles. The molecule has 37 heavy (non-hydrogen) atoms. The molecule has 4 heterocycles. The van der Waals surface area contributed by atoms with E-state index in [1.165, 1.54) is 38.3 Å². The number of allylic oxidation sites excluding steroid dienone is 1. The minimum atomic E-state index is -0.320. The van der Waals surface area contributed by atoms with E-state index in [9.17, 15) is 0 Å². The van der Waals surface area contributed by atoms with Crippen molar-refractivity contribution in [3.63, 3.8) is 0 Å². The number of anilines is 1. The smallest absolute Gasteiger partial charge is 0.165 e. The molecule has 7 nitrogen and oxygen atoms in total. The van der Waals surface area contributed by atoms with Crippen molar-refractivity contribution in [3.05, 3.63) is 59.3 Å². The summed E-state index contributed by atoms with van der Waals surface area (Å²) < 4.78 is 15.4. The summed E-state index contributed by atoms with van der Waals surface area (Å²) in [5.41, 5.74) is 8.83. The molecule has 0 bridgehead atoms. The van der Waals surface area contributed by atoms with Gasteiger partial charge in [-0.15, -0.1) is 0 Å². The highest BCUT2D eigenvalue weighted by Gasteiger charge is 2.23. The summed E-state index contributed by atoms with van der Waals surface area (Å²) in [5, 5.41) is 2.23. The van der Waals surface area contributed by atoms with E-state index in [0.717, 1.165) is 67.4 Å². The van der Waals surface area contributed by atoms with Gasteiger partial charge in [-0.05, 0) is 68.7 Å². The Hall–Kier alpha value is -3.23. The molecular weight excluding hydrogens is 465 g/mol. The van der Waals surface area contributed by atoms with Crippen LogP contribution in [0, 0.1) is 5.82 Å². The van der Waals surface area contributed by atoms with Crippen LogP contribution in [0.4, 0.5) is 10.1 Å². The molecule has 3 aromatic rings. The van der Waals surface area contributed by atoms with Gasteiger partial charge in [0.2, 0.25) is 0 Å². The highest BCUT2D eigenvalue weighted by Crippen LogP contribution is 2.27. The Morgan fingerprint density at radius 1 is 1.16 bits per heavy atom. The Balaban J connectivity index is 1.54. The fourth-order valence-electron chi connectivity index (χ4n) is 5.24. The number of piperazine rings is 1. The topological polar surface area (TPSA) is 77.3 Å². The molecule has 0 unspecified atom stereocenters. The number of nitrogens with one attached hydrogen (secondary N) is 1. The van der Waals surface area contributed by atoms with Gasteiger partial charge >= 0.3 is 0 Å². The summed E-state index contributed by atoms with van der Waals surface area (Å²) in [4.78, 5) is 19.0. The van der Waals surface area contributed by atoms with Crippen LogP contribution in [0.1, 0.15) is 38.7 Å². The van der Waals surface area contributed by atoms with Gasteiger partial charge in [0.15, 0.2) is 5.82 Å².